The summed E-state index contributed by atoms with van der Waals surface area (Å²) in [6.07, 6.45) is 7.71. The molecule has 0 atom stereocenters. The van der Waals surface area contributed by atoms with Gasteiger partial charge in [0, 0.05) is 56.0 Å². The van der Waals surface area contributed by atoms with Crippen LogP contribution in [-0.4, -0.2) is 10.4 Å². The lowest BCUT2D eigenvalue weighted by Gasteiger charge is -2.26. The first kappa shape index (κ1) is 35.0. The molecule has 1 aromatic heterocycles. The van der Waals surface area contributed by atoms with Crippen molar-refractivity contribution in [1.82, 2.24) is 4.57 Å². The maximum atomic E-state index is 7.93. The molecule has 0 radical (unpaired) electrons. The maximum absolute atomic E-state index is 7.93. The largest absolute Gasteiger partial charge is 0.384 e. The van der Waals surface area contributed by atoms with Crippen LogP contribution in [0.4, 0.5) is 28.4 Å². The van der Waals surface area contributed by atoms with Crippen LogP contribution in [-0.2, 0) is 0 Å². The topological polar surface area (TPSA) is 70.1 Å². The highest BCUT2D eigenvalue weighted by molar-refractivity contribution is 6.14. The van der Waals surface area contributed by atoms with E-state index in [2.05, 4.69) is 126 Å². The Labute approximate surface area is 306 Å². The number of rotatable bonds is 10. The normalized spacial score (nSPS) is 10.8. The Morgan fingerprint density at radius 3 is 1.87 bits per heavy atom. The summed E-state index contributed by atoms with van der Waals surface area (Å²) in [6.45, 7) is 15.7. The highest BCUT2D eigenvalue weighted by Gasteiger charge is 2.20. The zero-order valence-corrected chi connectivity index (χ0v) is 29.7. The van der Waals surface area contributed by atoms with Crippen LogP contribution in [0.3, 0.4) is 0 Å². The minimum atomic E-state index is 0.0410. The molecular weight excluding hydrogens is 635 g/mol. The number of amidine groups is 1. The van der Waals surface area contributed by atoms with Crippen LogP contribution in [0, 0.1) is 5.41 Å². The second kappa shape index (κ2) is 15.8. The fourth-order valence-electron chi connectivity index (χ4n) is 6.46. The fourth-order valence-corrected chi connectivity index (χ4v) is 6.46. The van der Waals surface area contributed by atoms with Crippen LogP contribution in [0.15, 0.2) is 177 Å². The van der Waals surface area contributed by atoms with Crippen molar-refractivity contribution in [2.24, 2.45) is 5.73 Å². The number of nitrogens with zero attached hydrogens (tertiary/aromatic N) is 2. The third-order valence-electron chi connectivity index (χ3n) is 8.78. The van der Waals surface area contributed by atoms with Crippen molar-refractivity contribution in [3.8, 4) is 5.69 Å². The Balaban J connectivity index is 0.00000150. The first-order valence-corrected chi connectivity index (χ1v) is 17.2. The highest BCUT2D eigenvalue weighted by Crippen LogP contribution is 2.42. The van der Waals surface area contributed by atoms with Gasteiger partial charge in [-0.3, -0.25) is 5.41 Å². The third kappa shape index (κ3) is 7.07. The molecule has 5 heteroatoms. The van der Waals surface area contributed by atoms with Crippen molar-refractivity contribution >= 4 is 67.7 Å². The molecule has 0 bridgehead atoms. The molecule has 0 aliphatic heterocycles. The number of allylic oxidation sites excluding steroid dienone is 4. The van der Waals surface area contributed by atoms with Gasteiger partial charge in [0.15, 0.2) is 0 Å². The number of aromatic nitrogens is 1. The van der Waals surface area contributed by atoms with Crippen molar-refractivity contribution in [1.29, 1.82) is 5.41 Å². The molecule has 0 fully saturated rings. The molecule has 7 aromatic rings. The van der Waals surface area contributed by atoms with Crippen LogP contribution in [0.5, 0.6) is 0 Å². The summed E-state index contributed by atoms with van der Waals surface area (Å²) in [5, 5.41) is 13.8. The van der Waals surface area contributed by atoms with Gasteiger partial charge in [-0.2, -0.15) is 0 Å². The van der Waals surface area contributed by atoms with Gasteiger partial charge in [-0.15, -0.1) is 6.58 Å². The predicted molar refractivity (Wildman–Crippen MR) is 226 cm³/mol. The Morgan fingerprint density at radius 1 is 0.712 bits per heavy atom. The molecule has 1 heterocycles. The van der Waals surface area contributed by atoms with Gasteiger partial charge in [-0.25, -0.2) is 0 Å². The second-order valence-corrected chi connectivity index (χ2v) is 12.3. The predicted octanol–water partition coefficient (Wildman–Crippen LogP) is 12.7. The summed E-state index contributed by atoms with van der Waals surface area (Å²) in [6, 6.07) is 47.9. The molecule has 6 aromatic carbocycles. The van der Waals surface area contributed by atoms with Gasteiger partial charge in [0.2, 0.25) is 0 Å². The molecule has 0 unspecified atom stereocenters. The number of para-hydroxylation sites is 2. The van der Waals surface area contributed by atoms with Crippen molar-refractivity contribution in [2.45, 2.75) is 13.8 Å². The number of anilines is 5. The molecule has 5 nitrogen and oxygen atoms in total. The highest BCUT2D eigenvalue weighted by atomic mass is 15.1. The average molecular weight is 678 g/mol. The van der Waals surface area contributed by atoms with Gasteiger partial charge in [0.05, 0.1) is 11.0 Å². The molecule has 256 valence electrons. The quantitative estimate of drug-likeness (QED) is 0.0584. The fraction of sp³-hybridized carbons (Fsp3) is 0.0426. The second-order valence-electron chi connectivity index (χ2n) is 12.3. The van der Waals surface area contributed by atoms with Crippen LogP contribution in [0.2, 0.25) is 0 Å². The number of nitrogens with one attached hydrogen (secondary N) is 2. The SMILES string of the molecule is C=CC.C=Cc1c(Nc2ccccc2)ccc2c3cc(N(c4ccc(C(=C)/C=C\C)cc4)c4ccc(C(=N)N)cc4)ccc3n(-c3ccccc3)c12. The number of nitrogens with two attached hydrogens (primary N) is 1. The first-order valence-electron chi connectivity index (χ1n) is 17.2. The Morgan fingerprint density at radius 2 is 1.29 bits per heavy atom. The number of hydrogen-bond donors (Lipinski definition) is 3. The molecule has 7 rings (SSSR count). The lowest BCUT2D eigenvalue weighted by molar-refractivity contribution is 1.18. The van der Waals surface area contributed by atoms with Crippen LogP contribution < -0.4 is 16.0 Å². The smallest absolute Gasteiger partial charge is 0.122 e. The third-order valence-corrected chi connectivity index (χ3v) is 8.78. The van der Waals surface area contributed by atoms with Gasteiger partial charge in [-0.1, -0.05) is 92.1 Å². The van der Waals surface area contributed by atoms with E-state index in [0.29, 0.717) is 5.56 Å². The minimum absolute atomic E-state index is 0.0410. The standard InChI is InChI=1S/C44H37N5.C3H6/c1-4-12-30(3)31-17-21-35(22-18-31)48(36-23-19-32(20-24-36)44(45)46)37-25-28-42-40(29-37)39-26-27-41(47-33-13-8-6-9-14-33)38(5-2)43(39)49(42)34-15-10-7-11-16-34;1-3-2/h4-29,47H,2-3H2,1H3,(H3,45,46);3H,1H2,2H3/b12-4-;. The van der Waals surface area contributed by atoms with Crippen LogP contribution in [0.1, 0.15) is 30.5 Å². The van der Waals surface area contributed by atoms with Crippen LogP contribution >= 0.6 is 0 Å². The van der Waals surface area contributed by atoms with Crippen molar-refractivity contribution < 1.29 is 0 Å². The van der Waals surface area contributed by atoms with E-state index in [1.165, 1.54) is 0 Å². The van der Waals surface area contributed by atoms with Gasteiger partial charge >= 0.3 is 0 Å². The van der Waals surface area contributed by atoms with Gasteiger partial charge < -0.3 is 20.5 Å². The molecule has 0 spiro atoms. The van der Waals surface area contributed by atoms with Gasteiger partial charge in [0.1, 0.15) is 5.84 Å². The molecule has 0 amide bonds. The van der Waals surface area contributed by atoms with Gasteiger partial charge in [-0.05, 0) is 110 Å². The van der Waals surface area contributed by atoms with Gasteiger partial charge in [0.25, 0.3) is 0 Å². The summed E-state index contributed by atoms with van der Waals surface area (Å²) >= 11 is 0. The first-order chi connectivity index (χ1) is 25.4. The van der Waals surface area contributed by atoms with E-state index in [9.17, 15) is 0 Å². The van der Waals surface area contributed by atoms with E-state index in [0.717, 1.165) is 72.6 Å². The van der Waals surface area contributed by atoms with E-state index >= 15 is 0 Å². The number of hydrogen-bond acceptors (Lipinski definition) is 3. The molecule has 52 heavy (non-hydrogen) atoms. The number of fused-ring (bicyclic) bond motifs is 3. The summed E-state index contributed by atoms with van der Waals surface area (Å²) < 4.78 is 2.33. The molecular formula is C47H43N5. The molecule has 0 saturated carbocycles. The monoisotopic (exact) mass is 677 g/mol. The van der Waals surface area contributed by atoms with Crippen molar-refractivity contribution in [3.63, 3.8) is 0 Å². The zero-order valence-electron chi connectivity index (χ0n) is 29.7. The number of nitrogen functional groups attached to an aromatic ring is 1. The lowest BCUT2D eigenvalue weighted by atomic mass is 10.0. The van der Waals surface area contributed by atoms with Crippen LogP contribution in [0.25, 0.3) is 39.1 Å². The van der Waals surface area contributed by atoms with E-state index in [1.54, 1.807) is 6.08 Å². The molecule has 0 saturated heterocycles. The summed E-state index contributed by atoms with van der Waals surface area (Å²) in [7, 11) is 0. The zero-order chi connectivity index (χ0) is 36.6. The molecule has 0 aliphatic rings. The van der Waals surface area contributed by atoms with Crippen molar-refractivity contribution in [2.75, 3.05) is 10.2 Å². The lowest BCUT2D eigenvalue weighted by Crippen LogP contribution is -2.13. The summed E-state index contributed by atoms with van der Waals surface area (Å²) in [5.74, 6) is 0.0410. The van der Waals surface area contributed by atoms with E-state index < -0.39 is 0 Å². The molecule has 4 N–H and O–H groups in total. The van der Waals surface area contributed by atoms with E-state index in [4.69, 9.17) is 11.1 Å². The summed E-state index contributed by atoms with van der Waals surface area (Å²) in [5.41, 5.74) is 17.7. The van der Waals surface area contributed by atoms with Crippen molar-refractivity contribution in [3.05, 3.63) is 194 Å². The molecule has 0 aliphatic carbocycles. The Kier molecular flexibility index (Phi) is 10.6. The Hall–Kier alpha value is -6.85. The number of benzene rings is 6. The maximum Gasteiger partial charge on any atom is 0.122 e. The average Bonchev–Trinajstić information content (AvgIpc) is 3.50. The van der Waals surface area contributed by atoms with E-state index in [1.807, 2.05) is 80.6 Å². The minimum Gasteiger partial charge on any atom is -0.384 e. The Bertz CT molecular complexity index is 2400. The van der Waals surface area contributed by atoms with E-state index in [-0.39, 0.29) is 5.84 Å². The summed E-state index contributed by atoms with van der Waals surface area (Å²) in [4.78, 5) is 2.23.